The Kier molecular flexibility index (Phi) is 5.55. The van der Waals surface area contributed by atoms with E-state index in [0.717, 1.165) is 55.4 Å². The molecule has 3 heterocycles. The molecule has 0 aliphatic carbocycles. The molecule has 0 bridgehead atoms. The number of rotatable bonds is 4. The summed E-state index contributed by atoms with van der Waals surface area (Å²) in [7, 11) is 3.70. The lowest BCUT2D eigenvalue weighted by Gasteiger charge is -2.20. The second-order valence-corrected chi connectivity index (χ2v) is 6.50. The van der Waals surface area contributed by atoms with Crippen molar-refractivity contribution in [2.24, 2.45) is 15.7 Å². The van der Waals surface area contributed by atoms with Crippen molar-refractivity contribution in [2.75, 3.05) is 32.3 Å². The van der Waals surface area contributed by atoms with E-state index in [1.54, 1.807) is 19.4 Å². The minimum atomic E-state index is 0.452. The Bertz CT molecular complexity index is 780. The molecule has 0 saturated heterocycles. The van der Waals surface area contributed by atoms with Gasteiger partial charge in [0.05, 0.1) is 13.8 Å². The summed E-state index contributed by atoms with van der Waals surface area (Å²) in [5.41, 5.74) is 8.08. The number of nitrogens with zero attached hydrogens (tertiary/aromatic N) is 5. The second-order valence-electron chi connectivity index (χ2n) is 6.50. The highest BCUT2D eigenvalue weighted by molar-refractivity contribution is 6.03. The van der Waals surface area contributed by atoms with Crippen LogP contribution in [0.3, 0.4) is 0 Å². The standard InChI is InChI=1S/C19H26N6O/c1-14-12-25(13-24(14)2)19-16(26-3)10-15(11-22-19)7-8-17(20)23-18-6-4-5-9-21-18/h7-8,10-12H,4-6,9,13H2,1-3H3,(H2,20,21,23)/b8-7+. The van der Waals surface area contributed by atoms with E-state index in [1.807, 2.05) is 19.2 Å². The van der Waals surface area contributed by atoms with Gasteiger partial charge in [-0.25, -0.2) is 9.98 Å². The Morgan fingerprint density at radius 1 is 1.38 bits per heavy atom. The van der Waals surface area contributed by atoms with Crippen molar-refractivity contribution >= 4 is 23.6 Å². The first kappa shape index (κ1) is 18.0. The smallest absolute Gasteiger partial charge is 0.176 e. The van der Waals surface area contributed by atoms with Crippen LogP contribution in [0.1, 0.15) is 31.7 Å². The minimum Gasteiger partial charge on any atom is -0.493 e. The number of methoxy groups -OCH3 is 1. The molecule has 0 saturated carbocycles. The average molecular weight is 354 g/mol. The van der Waals surface area contributed by atoms with Crippen molar-refractivity contribution < 1.29 is 4.74 Å². The van der Waals surface area contributed by atoms with Crippen LogP contribution in [-0.2, 0) is 0 Å². The van der Waals surface area contributed by atoms with Gasteiger partial charge in [-0.05, 0) is 43.5 Å². The highest BCUT2D eigenvalue weighted by Crippen LogP contribution is 2.30. The van der Waals surface area contributed by atoms with Gasteiger partial charge in [0.25, 0.3) is 0 Å². The van der Waals surface area contributed by atoms with E-state index in [1.165, 1.54) is 5.70 Å². The Morgan fingerprint density at radius 3 is 2.88 bits per heavy atom. The van der Waals surface area contributed by atoms with Gasteiger partial charge in [0, 0.05) is 38.1 Å². The fraction of sp³-hybridized carbons (Fsp3) is 0.421. The zero-order valence-corrected chi connectivity index (χ0v) is 15.6. The third-order valence-corrected chi connectivity index (χ3v) is 4.46. The SMILES string of the molecule is COc1cc(/C=C/C(N)=NC2=NCCCC2)cnc1N1C=C(C)N(C)C1. The van der Waals surface area contributed by atoms with Gasteiger partial charge in [-0.3, -0.25) is 4.99 Å². The van der Waals surface area contributed by atoms with E-state index in [0.29, 0.717) is 5.84 Å². The van der Waals surface area contributed by atoms with E-state index in [-0.39, 0.29) is 0 Å². The van der Waals surface area contributed by atoms with Crippen LogP contribution in [0.2, 0.25) is 0 Å². The number of allylic oxidation sites excluding steroid dienone is 1. The third-order valence-electron chi connectivity index (χ3n) is 4.46. The lowest BCUT2D eigenvalue weighted by atomic mass is 10.2. The number of aromatic nitrogens is 1. The number of amidine groups is 2. The predicted octanol–water partition coefficient (Wildman–Crippen LogP) is 2.61. The van der Waals surface area contributed by atoms with Crippen molar-refractivity contribution in [2.45, 2.75) is 26.2 Å². The number of ether oxygens (including phenoxy) is 1. The van der Waals surface area contributed by atoms with Gasteiger partial charge in [0.2, 0.25) is 0 Å². The van der Waals surface area contributed by atoms with E-state index in [4.69, 9.17) is 10.5 Å². The molecule has 7 nitrogen and oxygen atoms in total. The maximum absolute atomic E-state index is 5.99. The zero-order valence-electron chi connectivity index (χ0n) is 15.6. The first-order valence-electron chi connectivity index (χ1n) is 8.82. The molecule has 0 amide bonds. The number of hydrogen-bond acceptors (Lipinski definition) is 6. The first-order chi connectivity index (χ1) is 12.6. The first-order valence-corrected chi connectivity index (χ1v) is 8.82. The normalized spacial score (nSPS) is 18.3. The predicted molar refractivity (Wildman–Crippen MR) is 106 cm³/mol. The minimum absolute atomic E-state index is 0.452. The van der Waals surface area contributed by atoms with Crippen LogP contribution in [0.5, 0.6) is 5.75 Å². The fourth-order valence-corrected chi connectivity index (χ4v) is 2.88. The topological polar surface area (TPSA) is 79.3 Å². The molecule has 0 aromatic carbocycles. The molecule has 2 aliphatic heterocycles. The van der Waals surface area contributed by atoms with Gasteiger partial charge in [0.1, 0.15) is 11.7 Å². The van der Waals surface area contributed by atoms with Gasteiger partial charge in [-0.2, -0.15) is 0 Å². The van der Waals surface area contributed by atoms with E-state index >= 15 is 0 Å². The summed E-state index contributed by atoms with van der Waals surface area (Å²) in [4.78, 5) is 17.6. The molecule has 7 heteroatoms. The molecule has 2 N–H and O–H groups in total. The maximum atomic E-state index is 5.99. The molecule has 1 aromatic heterocycles. The summed E-state index contributed by atoms with van der Waals surface area (Å²) in [6.45, 7) is 3.67. The Labute approximate surface area is 154 Å². The zero-order chi connectivity index (χ0) is 18.5. The van der Waals surface area contributed by atoms with Crippen LogP contribution >= 0.6 is 0 Å². The Hall–Kier alpha value is -2.83. The molecule has 0 spiro atoms. The lowest BCUT2D eigenvalue weighted by Crippen LogP contribution is -2.23. The quantitative estimate of drug-likeness (QED) is 0.664. The van der Waals surface area contributed by atoms with Gasteiger partial charge < -0.3 is 20.3 Å². The van der Waals surface area contributed by atoms with Gasteiger partial charge in [-0.15, -0.1) is 0 Å². The molecule has 26 heavy (non-hydrogen) atoms. The molecular formula is C19H26N6O. The summed E-state index contributed by atoms with van der Waals surface area (Å²) in [6, 6.07) is 1.95. The summed E-state index contributed by atoms with van der Waals surface area (Å²) in [6.07, 6.45) is 10.7. The number of aliphatic imine (C=N–C) groups is 2. The summed E-state index contributed by atoms with van der Waals surface area (Å²) >= 11 is 0. The molecule has 0 radical (unpaired) electrons. The molecule has 0 atom stereocenters. The van der Waals surface area contributed by atoms with Crippen LogP contribution in [-0.4, -0.2) is 48.9 Å². The van der Waals surface area contributed by atoms with Crippen molar-refractivity contribution in [3.63, 3.8) is 0 Å². The number of anilines is 1. The fourth-order valence-electron chi connectivity index (χ4n) is 2.88. The van der Waals surface area contributed by atoms with E-state index in [2.05, 4.69) is 37.9 Å². The van der Waals surface area contributed by atoms with Crippen molar-refractivity contribution in [1.82, 2.24) is 9.88 Å². The van der Waals surface area contributed by atoms with Crippen LogP contribution in [0.25, 0.3) is 6.08 Å². The molecule has 1 aromatic rings. The summed E-state index contributed by atoms with van der Waals surface area (Å²) < 4.78 is 5.53. The molecule has 138 valence electrons. The van der Waals surface area contributed by atoms with Crippen LogP contribution < -0.4 is 15.4 Å². The number of pyridine rings is 1. The van der Waals surface area contributed by atoms with E-state index < -0.39 is 0 Å². The maximum Gasteiger partial charge on any atom is 0.176 e. The molecule has 3 rings (SSSR count). The van der Waals surface area contributed by atoms with Gasteiger partial charge in [0.15, 0.2) is 11.6 Å². The van der Waals surface area contributed by atoms with Crippen LogP contribution in [0, 0.1) is 0 Å². The van der Waals surface area contributed by atoms with Crippen molar-refractivity contribution in [3.05, 3.63) is 35.8 Å². The lowest BCUT2D eigenvalue weighted by molar-refractivity contribution is 0.409. The monoisotopic (exact) mass is 354 g/mol. The van der Waals surface area contributed by atoms with Crippen molar-refractivity contribution in [3.8, 4) is 5.75 Å². The largest absolute Gasteiger partial charge is 0.493 e. The van der Waals surface area contributed by atoms with Gasteiger partial charge >= 0.3 is 0 Å². The number of nitrogens with two attached hydrogens (primary N) is 1. The Balaban J connectivity index is 1.75. The van der Waals surface area contributed by atoms with Gasteiger partial charge in [-0.1, -0.05) is 0 Å². The second kappa shape index (κ2) is 8.03. The highest BCUT2D eigenvalue weighted by atomic mass is 16.5. The molecule has 0 fully saturated rings. The summed E-state index contributed by atoms with van der Waals surface area (Å²) in [5.74, 6) is 2.81. The van der Waals surface area contributed by atoms with Crippen LogP contribution in [0.15, 0.2) is 40.2 Å². The van der Waals surface area contributed by atoms with Crippen LogP contribution in [0.4, 0.5) is 5.82 Å². The Morgan fingerprint density at radius 2 is 2.23 bits per heavy atom. The summed E-state index contributed by atoms with van der Waals surface area (Å²) in [5, 5.41) is 0. The molecular weight excluding hydrogens is 328 g/mol. The highest BCUT2D eigenvalue weighted by Gasteiger charge is 2.20. The third kappa shape index (κ3) is 4.22. The average Bonchev–Trinajstić information content (AvgIpc) is 2.99. The van der Waals surface area contributed by atoms with E-state index in [9.17, 15) is 0 Å². The molecule has 0 unspecified atom stereocenters. The number of hydrogen-bond donors (Lipinski definition) is 1. The van der Waals surface area contributed by atoms with Crippen molar-refractivity contribution in [1.29, 1.82) is 0 Å². The molecule has 2 aliphatic rings.